The minimum Gasteiger partial charge on any atom is -0.495 e. The number of benzene rings is 3. The molecule has 1 aliphatic rings. The van der Waals surface area contributed by atoms with E-state index in [4.69, 9.17) is 23.9 Å². The summed E-state index contributed by atoms with van der Waals surface area (Å²) in [5, 5.41) is 0.474. The average Bonchev–Trinajstić information content (AvgIpc) is 3.21. The van der Waals surface area contributed by atoms with Gasteiger partial charge in [0, 0.05) is 0 Å². The molecular weight excluding hydrogens is 556 g/mol. The van der Waals surface area contributed by atoms with E-state index in [1.54, 1.807) is 44.4 Å². The topological polar surface area (TPSA) is 69.6 Å². The van der Waals surface area contributed by atoms with Gasteiger partial charge in [-0.2, -0.15) is 0 Å². The van der Waals surface area contributed by atoms with Crippen molar-refractivity contribution in [3.63, 3.8) is 0 Å². The molecule has 1 aliphatic heterocycles. The number of thioether (sulfide) groups is 1. The highest BCUT2D eigenvalue weighted by Crippen LogP contribution is 2.43. The maximum absolute atomic E-state index is 13.8. The van der Waals surface area contributed by atoms with Crippen LogP contribution < -0.4 is 23.8 Å². The van der Waals surface area contributed by atoms with Crippen LogP contribution in [0.25, 0.3) is 6.08 Å². The third kappa shape index (κ3) is 5.68. The molecule has 1 saturated heterocycles. The molecule has 0 radical (unpaired) electrons. The van der Waals surface area contributed by atoms with Crippen molar-refractivity contribution in [3.8, 4) is 23.0 Å². The molecule has 1 amide bonds. The van der Waals surface area contributed by atoms with Gasteiger partial charge in [-0.1, -0.05) is 36.9 Å². The molecule has 190 valence electrons. The van der Waals surface area contributed by atoms with Gasteiger partial charge in [0.25, 0.3) is 5.91 Å². The summed E-state index contributed by atoms with van der Waals surface area (Å²) < 4.78 is 23.0. The lowest BCUT2D eigenvalue weighted by molar-refractivity contribution is -0.113. The van der Waals surface area contributed by atoms with Crippen LogP contribution in [0.4, 0.5) is 11.4 Å². The van der Waals surface area contributed by atoms with E-state index in [-0.39, 0.29) is 5.91 Å². The van der Waals surface area contributed by atoms with Crippen LogP contribution in [-0.2, 0) is 4.79 Å². The molecule has 7 nitrogen and oxygen atoms in total. The quantitative estimate of drug-likeness (QED) is 0.204. The highest BCUT2D eigenvalue weighted by atomic mass is 79.9. The Bertz CT molecular complexity index is 1390. The van der Waals surface area contributed by atoms with Gasteiger partial charge in [-0.3, -0.25) is 9.69 Å². The second kappa shape index (κ2) is 12.0. The number of para-hydroxylation sites is 4. The fraction of sp³-hybridized carbons (Fsp3) is 0.143. The summed E-state index contributed by atoms with van der Waals surface area (Å²) in [4.78, 5) is 20.6. The zero-order valence-electron chi connectivity index (χ0n) is 20.6. The van der Waals surface area contributed by atoms with Crippen LogP contribution in [0.3, 0.4) is 0 Å². The number of carbonyl (C=O) groups is 1. The number of nitrogens with zero attached hydrogens (tertiary/aromatic N) is 2. The molecule has 0 spiro atoms. The molecule has 4 rings (SSSR count). The Morgan fingerprint density at radius 2 is 1.65 bits per heavy atom. The first-order chi connectivity index (χ1) is 18.0. The molecule has 0 atom stereocenters. The molecule has 0 aromatic heterocycles. The summed E-state index contributed by atoms with van der Waals surface area (Å²) in [5.74, 6) is 2.01. The molecule has 37 heavy (non-hydrogen) atoms. The van der Waals surface area contributed by atoms with Crippen molar-refractivity contribution in [3.05, 3.63) is 88.3 Å². The zero-order chi connectivity index (χ0) is 26.4. The number of carbonyl (C=O) groups excluding carboxylic acids is 1. The van der Waals surface area contributed by atoms with Gasteiger partial charge in [0.15, 0.2) is 16.7 Å². The Balaban J connectivity index is 1.81. The van der Waals surface area contributed by atoms with Crippen LogP contribution in [0.1, 0.15) is 5.56 Å². The van der Waals surface area contributed by atoms with Crippen molar-refractivity contribution in [1.82, 2.24) is 0 Å². The van der Waals surface area contributed by atoms with E-state index in [0.29, 0.717) is 55.5 Å². The van der Waals surface area contributed by atoms with Gasteiger partial charge < -0.3 is 18.9 Å². The Labute approximate surface area is 228 Å². The maximum Gasteiger partial charge on any atom is 0.271 e. The average molecular weight is 581 g/mol. The van der Waals surface area contributed by atoms with Gasteiger partial charge in [0.2, 0.25) is 0 Å². The molecule has 3 aromatic carbocycles. The molecule has 0 aliphatic carbocycles. The third-order valence-corrected chi connectivity index (χ3v) is 6.89. The predicted octanol–water partition coefficient (Wildman–Crippen LogP) is 6.85. The molecule has 0 unspecified atom stereocenters. The Kier molecular flexibility index (Phi) is 8.58. The summed E-state index contributed by atoms with van der Waals surface area (Å²) in [7, 11) is 4.72. The predicted molar refractivity (Wildman–Crippen MR) is 153 cm³/mol. The highest BCUT2D eigenvalue weighted by Gasteiger charge is 2.36. The molecule has 9 heteroatoms. The SMILES string of the molecule is C=CCOc1c(Br)cc(C=C2SC(=Nc3ccccc3OC)N(c3ccccc3OC)C2=O)cc1OC. The van der Waals surface area contributed by atoms with Crippen LogP contribution >= 0.6 is 27.7 Å². The van der Waals surface area contributed by atoms with Crippen molar-refractivity contribution in [2.24, 2.45) is 4.99 Å². The summed E-state index contributed by atoms with van der Waals surface area (Å²) in [6, 6.07) is 18.4. The number of amidine groups is 1. The number of anilines is 1. The summed E-state index contributed by atoms with van der Waals surface area (Å²) >= 11 is 4.81. The first-order valence-electron chi connectivity index (χ1n) is 11.2. The number of rotatable bonds is 9. The number of ether oxygens (including phenoxy) is 4. The van der Waals surface area contributed by atoms with Gasteiger partial charge in [0.05, 0.1) is 36.4 Å². The van der Waals surface area contributed by atoms with Gasteiger partial charge in [-0.05, 0) is 75.7 Å². The van der Waals surface area contributed by atoms with E-state index in [2.05, 4.69) is 22.5 Å². The molecule has 1 heterocycles. The molecular formula is C28H25BrN2O5S. The number of amides is 1. The lowest BCUT2D eigenvalue weighted by atomic mass is 10.1. The van der Waals surface area contributed by atoms with Gasteiger partial charge in [0.1, 0.15) is 23.8 Å². The zero-order valence-corrected chi connectivity index (χ0v) is 23.0. The monoisotopic (exact) mass is 580 g/mol. The molecule has 0 bridgehead atoms. The number of aliphatic imine (C=N–C) groups is 1. The number of methoxy groups -OCH3 is 3. The first-order valence-corrected chi connectivity index (χ1v) is 12.8. The summed E-state index contributed by atoms with van der Waals surface area (Å²) in [5.41, 5.74) is 1.95. The van der Waals surface area contributed by atoms with E-state index in [9.17, 15) is 4.79 Å². The Hall–Kier alpha value is -3.69. The summed E-state index contributed by atoms with van der Waals surface area (Å²) in [6.45, 7) is 4.02. The Morgan fingerprint density at radius 3 is 2.35 bits per heavy atom. The van der Waals surface area contributed by atoms with Gasteiger partial charge in [-0.25, -0.2) is 4.99 Å². The van der Waals surface area contributed by atoms with E-state index in [0.717, 1.165) is 5.56 Å². The van der Waals surface area contributed by atoms with Crippen molar-refractivity contribution >= 4 is 56.2 Å². The lowest BCUT2D eigenvalue weighted by Gasteiger charge is -2.18. The van der Waals surface area contributed by atoms with Gasteiger partial charge in [-0.15, -0.1) is 0 Å². The van der Waals surface area contributed by atoms with E-state index < -0.39 is 0 Å². The van der Waals surface area contributed by atoms with Crippen molar-refractivity contribution in [2.45, 2.75) is 0 Å². The van der Waals surface area contributed by atoms with Crippen molar-refractivity contribution in [2.75, 3.05) is 32.8 Å². The third-order valence-electron chi connectivity index (χ3n) is 5.33. The standard InChI is InChI=1S/C28H25BrN2O5S/c1-5-14-36-26-19(29)15-18(16-24(26)35-4)17-25-27(32)31(21-11-7-9-13-23(21)34-3)28(37-25)30-20-10-6-8-12-22(20)33-2/h5-13,15-17H,1,14H2,2-4H3. The van der Waals surface area contributed by atoms with Crippen LogP contribution in [-0.4, -0.2) is 39.0 Å². The maximum atomic E-state index is 13.8. The lowest BCUT2D eigenvalue weighted by Crippen LogP contribution is -2.29. The fourth-order valence-corrected chi connectivity index (χ4v) is 5.22. The fourth-order valence-electron chi connectivity index (χ4n) is 3.66. The second-order valence-corrected chi connectivity index (χ2v) is 9.49. The minimum atomic E-state index is -0.231. The van der Waals surface area contributed by atoms with Gasteiger partial charge >= 0.3 is 0 Å². The van der Waals surface area contributed by atoms with Crippen molar-refractivity contribution in [1.29, 1.82) is 0 Å². The first kappa shape index (κ1) is 26.4. The largest absolute Gasteiger partial charge is 0.495 e. The van der Waals surface area contributed by atoms with E-state index in [1.807, 2.05) is 54.6 Å². The number of halogens is 1. The number of hydrogen-bond acceptors (Lipinski definition) is 7. The van der Waals surface area contributed by atoms with E-state index >= 15 is 0 Å². The number of hydrogen-bond donors (Lipinski definition) is 0. The molecule has 3 aromatic rings. The Morgan fingerprint density at radius 1 is 0.973 bits per heavy atom. The van der Waals surface area contributed by atoms with Crippen LogP contribution in [0.5, 0.6) is 23.0 Å². The smallest absolute Gasteiger partial charge is 0.271 e. The normalized spacial score (nSPS) is 15.2. The van der Waals surface area contributed by atoms with Crippen LogP contribution in [0.15, 0.2) is 87.7 Å². The highest BCUT2D eigenvalue weighted by molar-refractivity contribution is 9.10. The second-order valence-electron chi connectivity index (χ2n) is 7.62. The van der Waals surface area contributed by atoms with E-state index in [1.165, 1.54) is 11.8 Å². The van der Waals surface area contributed by atoms with Crippen molar-refractivity contribution < 1.29 is 23.7 Å². The summed E-state index contributed by atoms with van der Waals surface area (Å²) in [6.07, 6.45) is 3.45. The minimum absolute atomic E-state index is 0.231. The molecule has 1 fully saturated rings. The van der Waals surface area contributed by atoms with Crippen LogP contribution in [0, 0.1) is 0 Å². The molecule has 0 N–H and O–H groups in total. The molecule has 0 saturated carbocycles. The van der Waals surface area contributed by atoms with Crippen LogP contribution in [0.2, 0.25) is 0 Å².